The molecule has 236 valence electrons. The van der Waals surface area contributed by atoms with Crippen molar-refractivity contribution in [2.75, 3.05) is 10.2 Å². The van der Waals surface area contributed by atoms with Crippen molar-refractivity contribution in [2.45, 2.75) is 33.0 Å². The molecule has 8 rings (SSSR count). The molecule has 0 saturated carbocycles. The Balaban J connectivity index is 0.00000392. The number of rotatable bonds is 5. The zero-order valence-electron chi connectivity index (χ0n) is 29.1. The minimum atomic E-state index is -2.36. The Morgan fingerprint density at radius 3 is 2.45 bits per heavy atom. The molecule has 0 amide bonds. The van der Waals surface area contributed by atoms with E-state index in [2.05, 4.69) is 56.4 Å². The molecule has 0 unspecified atom stereocenters. The van der Waals surface area contributed by atoms with Gasteiger partial charge in [0.1, 0.15) is 5.82 Å². The number of para-hydroxylation sites is 3. The van der Waals surface area contributed by atoms with E-state index in [9.17, 15) is 0 Å². The van der Waals surface area contributed by atoms with Gasteiger partial charge in [0, 0.05) is 65.3 Å². The maximum atomic E-state index is 8.49. The fraction of sp³-hybridized carbons (Fsp3) is 0.122. The van der Waals surface area contributed by atoms with Crippen molar-refractivity contribution in [2.24, 2.45) is 0 Å². The number of hydrogen-bond donors (Lipinski definition) is 1. The van der Waals surface area contributed by atoms with Crippen LogP contribution in [-0.2, 0) is 26.5 Å². The molecule has 0 spiro atoms. The average molecular weight is 796 g/mol. The average Bonchev–Trinajstić information content (AvgIpc) is 3.67. The summed E-state index contributed by atoms with van der Waals surface area (Å²) in [4.78, 5) is 6.89. The summed E-state index contributed by atoms with van der Waals surface area (Å²) in [7, 11) is 0. The Hall–Kier alpha value is -4.86. The summed E-state index contributed by atoms with van der Waals surface area (Å²) in [6, 6.07) is 42.4. The van der Waals surface area contributed by atoms with E-state index in [0.717, 1.165) is 44.4 Å². The molecule has 5 aromatic carbocycles. The van der Waals surface area contributed by atoms with E-state index in [4.69, 9.17) is 13.8 Å². The Bertz CT molecular complexity index is 2360. The smallest absolute Gasteiger partial charge is 0.135 e. The van der Waals surface area contributed by atoms with Crippen LogP contribution in [0.3, 0.4) is 0 Å². The van der Waals surface area contributed by atoms with Gasteiger partial charge in [0.25, 0.3) is 0 Å². The van der Waals surface area contributed by atoms with Crippen molar-refractivity contribution in [3.8, 4) is 28.4 Å². The second kappa shape index (κ2) is 12.1. The third-order valence-electron chi connectivity index (χ3n) is 8.48. The first kappa shape index (κ1) is 27.3. The zero-order valence-corrected chi connectivity index (χ0v) is 28.4. The topological polar surface area (TPSA) is 42.3 Å². The van der Waals surface area contributed by atoms with Crippen LogP contribution in [0.4, 0.5) is 17.1 Å². The predicted molar refractivity (Wildman–Crippen MR) is 188 cm³/mol. The molecule has 47 heavy (non-hydrogen) atoms. The second-order valence-electron chi connectivity index (χ2n) is 12.5. The van der Waals surface area contributed by atoms with Crippen LogP contribution in [0.25, 0.3) is 38.8 Å². The molecule has 1 aliphatic rings. The molecular weight excluding hydrogens is 760 g/mol. The van der Waals surface area contributed by atoms with Crippen molar-refractivity contribution < 1.29 is 29.9 Å². The molecule has 0 bridgehead atoms. The van der Waals surface area contributed by atoms with Gasteiger partial charge >= 0.3 is 0 Å². The van der Waals surface area contributed by atoms with Crippen LogP contribution in [0, 0.1) is 25.7 Å². The number of fused-ring (bicyclic) bond motifs is 4. The molecule has 6 heteroatoms. The van der Waals surface area contributed by atoms with Gasteiger partial charge in [-0.1, -0.05) is 80.9 Å². The number of benzene rings is 5. The van der Waals surface area contributed by atoms with Crippen molar-refractivity contribution in [3.05, 3.63) is 145 Å². The summed E-state index contributed by atoms with van der Waals surface area (Å²) >= 11 is 0. The SMILES string of the molecule is [2H]C([2H])([2H])c1cc(-n2c3[c-]c(Oc4[c-]c(N5[CH-]Nc6ccccc65)ccc4)ccc3c3ccccc32)ncc1-c1ccc(C(C)(C)C)cc1.[Pt]. The molecule has 5 nitrogen and oxygen atoms in total. The first-order chi connectivity index (χ1) is 23.5. The van der Waals surface area contributed by atoms with Gasteiger partial charge in [-0.25, -0.2) is 4.98 Å². The van der Waals surface area contributed by atoms with E-state index < -0.39 is 6.85 Å². The van der Waals surface area contributed by atoms with Crippen LogP contribution >= 0.6 is 0 Å². The Morgan fingerprint density at radius 2 is 1.62 bits per heavy atom. The molecule has 3 heterocycles. The summed E-state index contributed by atoms with van der Waals surface area (Å²) < 4.78 is 33.8. The Morgan fingerprint density at radius 1 is 0.830 bits per heavy atom. The number of nitrogens with zero attached hydrogens (tertiary/aromatic N) is 3. The number of pyridine rings is 1. The van der Waals surface area contributed by atoms with E-state index in [1.165, 1.54) is 5.56 Å². The summed E-state index contributed by atoms with van der Waals surface area (Å²) in [5.41, 5.74) is 7.30. The van der Waals surface area contributed by atoms with E-state index in [1.807, 2.05) is 101 Å². The third kappa shape index (κ3) is 5.59. The number of aryl methyl sites for hydroxylation is 1. The fourth-order valence-electron chi connectivity index (χ4n) is 6.08. The normalized spacial score (nSPS) is 13.8. The number of nitrogens with one attached hydrogen (secondary N) is 1. The van der Waals surface area contributed by atoms with Gasteiger partial charge < -0.3 is 19.5 Å². The zero-order chi connectivity index (χ0) is 33.9. The Labute approximate surface area is 294 Å². The van der Waals surface area contributed by atoms with E-state index >= 15 is 0 Å². The molecule has 1 aliphatic heterocycles. The molecule has 7 aromatic rings. The third-order valence-corrected chi connectivity index (χ3v) is 8.48. The number of ether oxygens (including phenoxy) is 1. The largest absolute Gasteiger partial charge is 0.514 e. The second-order valence-corrected chi connectivity index (χ2v) is 12.5. The van der Waals surface area contributed by atoms with Gasteiger partial charge in [0.05, 0.1) is 0 Å². The van der Waals surface area contributed by atoms with E-state index in [0.29, 0.717) is 22.9 Å². The van der Waals surface area contributed by atoms with Crippen LogP contribution < -0.4 is 15.0 Å². The number of hydrogen-bond acceptors (Lipinski definition) is 4. The predicted octanol–water partition coefficient (Wildman–Crippen LogP) is 10.5. The molecule has 2 aromatic heterocycles. The number of anilines is 3. The summed E-state index contributed by atoms with van der Waals surface area (Å²) in [5.74, 6) is 1.53. The van der Waals surface area contributed by atoms with Crippen LogP contribution in [0.5, 0.6) is 11.5 Å². The molecule has 0 saturated heterocycles. The monoisotopic (exact) mass is 795 g/mol. The van der Waals surface area contributed by atoms with Crippen LogP contribution in [0.15, 0.2) is 115 Å². The maximum Gasteiger partial charge on any atom is 0.135 e. The first-order valence-corrected chi connectivity index (χ1v) is 15.3. The minimum absolute atomic E-state index is 0. The van der Waals surface area contributed by atoms with Gasteiger partial charge in [-0.2, -0.15) is 18.8 Å². The molecule has 0 fully saturated rings. The van der Waals surface area contributed by atoms with Crippen molar-refractivity contribution >= 4 is 38.9 Å². The summed E-state index contributed by atoms with van der Waals surface area (Å²) in [5, 5.41) is 5.25. The first-order valence-electron chi connectivity index (χ1n) is 16.8. The molecule has 0 atom stereocenters. The molecular formula is C41H33N4OPt-3. The number of aromatic nitrogens is 2. The van der Waals surface area contributed by atoms with Gasteiger partial charge in [-0.05, 0) is 58.6 Å². The van der Waals surface area contributed by atoms with Gasteiger partial charge in [0.2, 0.25) is 0 Å². The molecule has 0 radical (unpaired) electrons. The van der Waals surface area contributed by atoms with Crippen molar-refractivity contribution in [1.82, 2.24) is 9.55 Å². The van der Waals surface area contributed by atoms with E-state index in [1.54, 1.807) is 12.3 Å². The summed E-state index contributed by atoms with van der Waals surface area (Å²) in [6.07, 6.45) is 1.67. The Kier molecular flexibility index (Phi) is 7.00. The van der Waals surface area contributed by atoms with Crippen molar-refractivity contribution in [1.29, 1.82) is 0 Å². The van der Waals surface area contributed by atoms with Gasteiger partial charge in [-0.3, -0.25) is 0 Å². The van der Waals surface area contributed by atoms with Crippen molar-refractivity contribution in [3.63, 3.8) is 0 Å². The molecule has 0 aliphatic carbocycles. The quantitative estimate of drug-likeness (QED) is 0.176. The van der Waals surface area contributed by atoms with Crippen LogP contribution in [-0.4, -0.2) is 9.55 Å². The van der Waals surface area contributed by atoms with Crippen LogP contribution in [0.2, 0.25) is 0 Å². The molecule has 1 N–H and O–H groups in total. The minimum Gasteiger partial charge on any atom is -0.514 e. The van der Waals surface area contributed by atoms with Gasteiger partial charge in [0.15, 0.2) is 0 Å². The van der Waals surface area contributed by atoms with E-state index in [-0.39, 0.29) is 32.0 Å². The van der Waals surface area contributed by atoms with Gasteiger partial charge in [-0.15, -0.1) is 41.4 Å². The maximum absolute atomic E-state index is 8.49. The standard InChI is InChI=1S/C41H33N4O.Pt/c1-27-22-40(42-25-35(27)28-16-18-29(19-17-28)41(2,3)4)45-37-14-7-5-12-33(37)34-21-20-32(24-39(34)45)46-31-11-9-10-30(23-31)44-26-43-36-13-6-8-15-38(36)44;/h5-22,25-26,43H,1-4H3;/q-3;/i1D3;. The summed E-state index contributed by atoms with van der Waals surface area (Å²) in [6.45, 7) is 6.01. The fourth-order valence-corrected chi connectivity index (χ4v) is 6.08. The van der Waals surface area contributed by atoms with Crippen LogP contribution in [0.1, 0.15) is 36.0 Å².